The van der Waals surface area contributed by atoms with Gasteiger partial charge in [-0.15, -0.1) is 10.2 Å². The number of hydrogen-bond donors (Lipinski definition) is 0. The fraction of sp³-hybridized carbons (Fsp3) is 0.348. The number of nitrogens with zero attached hydrogens (tertiary/aromatic N) is 2. The molecule has 0 spiro atoms. The van der Waals surface area contributed by atoms with Gasteiger partial charge in [-0.2, -0.15) is 0 Å². The van der Waals surface area contributed by atoms with Crippen LogP contribution < -0.4 is 0 Å². The molecule has 4 rings (SSSR count). The Balaban J connectivity index is 1.52. The number of carbonyl (C=O) groups excluding carboxylic acids is 1. The lowest BCUT2D eigenvalue weighted by molar-refractivity contribution is -0.156. The maximum absolute atomic E-state index is 13.4. The van der Waals surface area contributed by atoms with Crippen LogP contribution >= 0.6 is 0 Å². The summed E-state index contributed by atoms with van der Waals surface area (Å²) in [5, 5.41) is 8.14. The molecule has 1 atom stereocenters. The van der Waals surface area contributed by atoms with Crippen molar-refractivity contribution in [1.82, 2.24) is 10.2 Å². The number of halogens is 1. The SMILES string of the molecule is Cc1ccc(-c2nnc([C@H](C)OC(=O)C3(c4ccc(F)cc4)CCCC3)o2)cc1. The Morgan fingerprint density at radius 1 is 1.07 bits per heavy atom. The van der Waals surface area contributed by atoms with E-state index in [2.05, 4.69) is 10.2 Å². The van der Waals surface area contributed by atoms with Crippen molar-refractivity contribution in [2.24, 2.45) is 0 Å². The summed E-state index contributed by atoms with van der Waals surface area (Å²) in [5.74, 6) is -0.0134. The van der Waals surface area contributed by atoms with Crippen LogP contribution in [-0.2, 0) is 14.9 Å². The van der Waals surface area contributed by atoms with Gasteiger partial charge in [0.2, 0.25) is 5.89 Å². The second-order valence-corrected chi connectivity index (χ2v) is 7.66. The highest BCUT2D eigenvalue weighted by molar-refractivity contribution is 5.83. The first kappa shape index (κ1) is 19.3. The molecule has 6 heteroatoms. The largest absolute Gasteiger partial charge is 0.452 e. The Morgan fingerprint density at radius 3 is 2.38 bits per heavy atom. The summed E-state index contributed by atoms with van der Waals surface area (Å²) < 4.78 is 24.8. The molecule has 0 aliphatic heterocycles. The minimum absolute atomic E-state index is 0.251. The van der Waals surface area contributed by atoms with Crippen molar-refractivity contribution >= 4 is 5.97 Å². The van der Waals surface area contributed by atoms with Crippen LogP contribution in [0.3, 0.4) is 0 Å². The highest BCUT2D eigenvalue weighted by atomic mass is 19.1. The van der Waals surface area contributed by atoms with E-state index in [1.807, 2.05) is 31.2 Å². The molecule has 3 aromatic rings. The van der Waals surface area contributed by atoms with E-state index in [9.17, 15) is 9.18 Å². The number of rotatable bonds is 5. The number of aromatic nitrogens is 2. The molecule has 1 heterocycles. The smallest absolute Gasteiger partial charge is 0.317 e. The average molecular weight is 394 g/mol. The quantitative estimate of drug-likeness (QED) is 0.550. The molecule has 1 saturated carbocycles. The third-order valence-corrected chi connectivity index (χ3v) is 5.62. The van der Waals surface area contributed by atoms with Crippen molar-refractivity contribution in [2.45, 2.75) is 51.0 Å². The van der Waals surface area contributed by atoms with E-state index in [4.69, 9.17) is 9.15 Å². The lowest BCUT2D eigenvalue weighted by atomic mass is 9.79. The standard InChI is InChI=1S/C23H23FN2O3/c1-15-5-7-17(8-6-15)21-26-25-20(29-21)16(2)28-22(27)23(13-3-4-14-23)18-9-11-19(24)12-10-18/h5-12,16H,3-4,13-14H2,1-2H3/t16-/m0/s1. The monoisotopic (exact) mass is 394 g/mol. The van der Waals surface area contributed by atoms with Gasteiger partial charge in [-0.3, -0.25) is 4.79 Å². The number of carbonyl (C=O) groups is 1. The number of hydrogen-bond acceptors (Lipinski definition) is 5. The summed E-state index contributed by atoms with van der Waals surface area (Å²) in [6.07, 6.45) is 2.55. The van der Waals surface area contributed by atoms with E-state index in [0.717, 1.165) is 29.5 Å². The lowest BCUT2D eigenvalue weighted by Crippen LogP contribution is -2.35. The molecule has 1 aliphatic carbocycles. The first-order valence-electron chi connectivity index (χ1n) is 9.85. The van der Waals surface area contributed by atoms with Crippen molar-refractivity contribution in [2.75, 3.05) is 0 Å². The van der Waals surface area contributed by atoms with Gasteiger partial charge in [0.15, 0.2) is 6.10 Å². The molecular weight excluding hydrogens is 371 g/mol. The Bertz CT molecular complexity index is 990. The minimum atomic E-state index is -0.748. The van der Waals surface area contributed by atoms with Crippen LogP contribution in [0.5, 0.6) is 0 Å². The summed E-state index contributed by atoms with van der Waals surface area (Å²) in [5.41, 5.74) is 1.99. The van der Waals surface area contributed by atoms with Crippen LogP contribution in [0, 0.1) is 12.7 Å². The maximum atomic E-state index is 13.4. The van der Waals surface area contributed by atoms with Gasteiger partial charge in [0.1, 0.15) is 5.82 Å². The molecule has 0 radical (unpaired) electrons. The van der Waals surface area contributed by atoms with Crippen LogP contribution in [-0.4, -0.2) is 16.2 Å². The molecule has 1 aliphatic rings. The van der Waals surface area contributed by atoms with Crippen molar-refractivity contribution < 1.29 is 18.3 Å². The average Bonchev–Trinajstić information content (AvgIpc) is 3.40. The maximum Gasteiger partial charge on any atom is 0.317 e. The lowest BCUT2D eigenvalue weighted by Gasteiger charge is -2.28. The molecule has 1 aromatic heterocycles. The van der Waals surface area contributed by atoms with Gasteiger partial charge in [-0.1, -0.05) is 42.7 Å². The van der Waals surface area contributed by atoms with E-state index in [0.29, 0.717) is 18.7 Å². The van der Waals surface area contributed by atoms with Gasteiger partial charge in [0, 0.05) is 5.56 Å². The van der Waals surface area contributed by atoms with Crippen molar-refractivity contribution in [3.05, 3.63) is 71.4 Å². The highest BCUT2D eigenvalue weighted by Crippen LogP contribution is 2.43. The number of ether oxygens (including phenoxy) is 1. The van der Waals surface area contributed by atoms with Crippen LogP contribution in [0.4, 0.5) is 4.39 Å². The van der Waals surface area contributed by atoms with Crippen LogP contribution in [0.15, 0.2) is 52.9 Å². The number of esters is 1. The fourth-order valence-corrected chi connectivity index (χ4v) is 3.89. The van der Waals surface area contributed by atoms with Crippen molar-refractivity contribution in [1.29, 1.82) is 0 Å². The Morgan fingerprint density at radius 2 is 1.72 bits per heavy atom. The fourth-order valence-electron chi connectivity index (χ4n) is 3.89. The minimum Gasteiger partial charge on any atom is -0.452 e. The Labute approximate surface area is 168 Å². The Hall–Kier alpha value is -3.02. The summed E-state index contributed by atoms with van der Waals surface area (Å²) in [6.45, 7) is 3.72. The molecular formula is C23H23FN2O3. The molecule has 1 fully saturated rings. The summed E-state index contributed by atoms with van der Waals surface area (Å²) >= 11 is 0. The van der Waals surface area contributed by atoms with E-state index in [-0.39, 0.29) is 17.7 Å². The number of aryl methyl sites for hydroxylation is 1. The molecule has 2 aromatic carbocycles. The zero-order valence-corrected chi connectivity index (χ0v) is 16.5. The zero-order valence-electron chi connectivity index (χ0n) is 16.5. The van der Waals surface area contributed by atoms with Gasteiger partial charge in [0.25, 0.3) is 5.89 Å². The predicted octanol–water partition coefficient (Wildman–Crippen LogP) is 5.30. The van der Waals surface area contributed by atoms with Crippen LogP contribution in [0.1, 0.15) is 55.7 Å². The van der Waals surface area contributed by atoms with Gasteiger partial charge >= 0.3 is 5.97 Å². The van der Waals surface area contributed by atoms with E-state index < -0.39 is 11.5 Å². The summed E-state index contributed by atoms with van der Waals surface area (Å²) in [6, 6.07) is 13.9. The zero-order chi connectivity index (χ0) is 20.4. The van der Waals surface area contributed by atoms with E-state index >= 15 is 0 Å². The molecule has 0 bridgehead atoms. The highest BCUT2D eigenvalue weighted by Gasteiger charge is 2.45. The van der Waals surface area contributed by atoms with Gasteiger partial charge in [-0.25, -0.2) is 4.39 Å². The second-order valence-electron chi connectivity index (χ2n) is 7.66. The van der Waals surface area contributed by atoms with Crippen molar-refractivity contribution in [3.8, 4) is 11.5 Å². The van der Waals surface area contributed by atoms with E-state index in [1.54, 1.807) is 19.1 Å². The topological polar surface area (TPSA) is 65.2 Å². The van der Waals surface area contributed by atoms with Gasteiger partial charge in [0.05, 0.1) is 5.41 Å². The molecule has 0 unspecified atom stereocenters. The second kappa shape index (κ2) is 7.78. The van der Waals surface area contributed by atoms with Gasteiger partial charge in [-0.05, 0) is 56.5 Å². The Kier molecular flexibility index (Phi) is 5.18. The van der Waals surface area contributed by atoms with Crippen molar-refractivity contribution in [3.63, 3.8) is 0 Å². The third kappa shape index (κ3) is 3.79. The number of benzene rings is 2. The van der Waals surface area contributed by atoms with Crippen LogP contribution in [0.2, 0.25) is 0 Å². The molecule has 0 saturated heterocycles. The summed E-state index contributed by atoms with van der Waals surface area (Å²) in [4.78, 5) is 13.1. The van der Waals surface area contributed by atoms with E-state index in [1.165, 1.54) is 12.1 Å². The predicted molar refractivity (Wildman–Crippen MR) is 106 cm³/mol. The molecule has 0 N–H and O–H groups in total. The molecule has 0 amide bonds. The molecule has 29 heavy (non-hydrogen) atoms. The normalized spacial score (nSPS) is 16.5. The molecule has 150 valence electrons. The summed E-state index contributed by atoms with van der Waals surface area (Å²) in [7, 11) is 0. The third-order valence-electron chi connectivity index (χ3n) is 5.62. The van der Waals surface area contributed by atoms with Crippen LogP contribution in [0.25, 0.3) is 11.5 Å². The first-order chi connectivity index (χ1) is 14.0. The molecule has 5 nitrogen and oxygen atoms in total. The first-order valence-corrected chi connectivity index (χ1v) is 9.85. The van der Waals surface area contributed by atoms with Gasteiger partial charge < -0.3 is 9.15 Å².